The van der Waals surface area contributed by atoms with E-state index in [1.165, 1.54) is 0 Å². The van der Waals surface area contributed by atoms with Crippen LogP contribution >= 0.6 is 0 Å². The smallest absolute Gasteiger partial charge is 0.417 e. The van der Waals surface area contributed by atoms with Gasteiger partial charge in [0.2, 0.25) is 5.91 Å². The highest BCUT2D eigenvalue weighted by Crippen LogP contribution is 2.41. The van der Waals surface area contributed by atoms with Crippen LogP contribution in [0.3, 0.4) is 0 Å². The van der Waals surface area contributed by atoms with Gasteiger partial charge in [-0.3, -0.25) is 14.9 Å². The number of carbonyl (C=O) groups is 2. The number of hydrogen-bond acceptors (Lipinski definition) is 5. The van der Waals surface area contributed by atoms with Crippen molar-refractivity contribution in [3.05, 3.63) is 22.8 Å². The van der Waals surface area contributed by atoms with Crippen LogP contribution in [0.25, 0.3) is 0 Å². The molecule has 6 nitrogen and oxygen atoms in total. The number of imide groups is 1. The number of alkyl halides is 3. The summed E-state index contributed by atoms with van der Waals surface area (Å²) in [6.45, 7) is 3.01. The first-order chi connectivity index (χ1) is 11.5. The first kappa shape index (κ1) is 20.8. The highest BCUT2D eigenvalue weighted by molar-refractivity contribution is 6.07. The Kier molecular flexibility index (Phi) is 6.80. The highest BCUT2D eigenvalue weighted by atomic mass is 19.4. The van der Waals surface area contributed by atoms with E-state index >= 15 is 0 Å². The molecule has 0 aliphatic carbocycles. The van der Waals surface area contributed by atoms with Gasteiger partial charge in [-0.25, -0.2) is 0 Å². The SMILES string of the molecule is CC(C)CCC(=O)NC(=O)c1c(C(F)(F)F)cc(O)c(O)c1CCO. The molecule has 1 rings (SSSR count). The van der Waals surface area contributed by atoms with Crippen molar-refractivity contribution in [2.45, 2.75) is 39.3 Å². The number of rotatable bonds is 6. The fraction of sp³-hybridized carbons (Fsp3) is 0.500. The number of aromatic hydroxyl groups is 2. The second-order valence-corrected chi connectivity index (χ2v) is 5.93. The van der Waals surface area contributed by atoms with Crippen LogP contribution < -0.4 is 5.32 Å². The number of halogens is 3. The second kappa shape index (κ2) is 8.19. The van der Waals surface area contributed by atoms with Crippen LogP contribution in [-0.2, 0) is 17.4 Å². The van der Waals surface area contributed by atoms with Crippen molar-refractivity contribution < 1.29 is 38.1 Å². The molecular formula is C16H20F3NO5. The van der Waals surface area contributed by atoms with E-state index in [0.29, 0.717) is 6.42 Å². The Morgan fingerprint density at radius 3 is 2.32 bits per heavy atom. The third kappa shape index (κ3) is 5.35. The third-order valence-corrected chi connectivity index (χ3v) is 3.48. The molecule has 0 aromatic heterocycles. The lowest BCUT2D eigenvalue weighted by atomic mass is 9.95. The topological polar surface area (TPSA) is 107 Å². The van der Waals surface area contributed by atoms with Gasteiger partial charge in [0.05, 0.1) is 11.1 Å². The van der Waals surface area contributed by atoms with Crippen molar-refractivity contribution in [3.8, 4) is 11.5 Å². The third-order valence-electron chi connectivity index (χ3n) is 3.48. The lowest BCUT2D eigenvalue weighted by Crippen LogP contribution is -2.33. The van der Waals surface area contributed by atoms with Crippen LogP contribution in [0.5, 0.6) is 11.5 Å². The largest absolute Gasteiger partial charge is 0.504 e. The number of phenols is 2. The minimum absolute atomic E-state index is 0.0514. The fourth-order valence-corrected chi connectivity index (χ4v) is 2.22. The van der Waals surface area contributed by atoms with Crippen molar-refractivity contribution in [2.24, 2.45) is 5.92 Å². The Balaban J connectivity index is 3.32. The number of amides is 2. The molecule has 0 fully saturated rings. The van der Waals surface area contributed by atoms with Crippen LogP contribution in [0, 0.1) is 5.92 Å². The summed E-state index contributed by atoms with van der Waals surface area (Å²) in [4.78, 5) is 24.0. The lowest BCUT2D eigenvalue weighted by Gasteiger charge is -2.18. The van der Waals surface area contributed by atoms with E-state index in [0.717, 1.165) is 0 Å². The number of carbonyl (C=O) groups excluding carboxylic acids is 2. The monoisotopic (exact) mass is 363 g/mol. The number of aliphatic hydroxyl groups is 1. The number of phenolic OH excluding ortho intramolecular Hbond substituents is 2. The van der Waals surface area contributed by atoms with E-state index in [1.807, 2.05) is 19.2 Å². The molecule has 1 aromatic rings. The molecule has 0 unspecified atom stereocenters. The molecule has 4 N–H and O–H groups in total. The van der Waals surface area contributed by atoms with Gasteiger partial charge in [-0.05, 0) is 18.4 Å². The molecule has 0 heterocycles. The van der Waals surface area contributed by atoms with Crippen LogP contribution in [0.4, 0.5) is 13.2 Å². The zero-order valence-electron chi connectivity index (χ0n) is 13.8. The molecule has 0 radical (unpaired) electrons. The summed E-state index contributed by atoms with van der Waals surface area (Å²) in [7, 11) is 0. The molecule has 2 amide bonds. The zero-order chi connectivity index (χ0) is 19.4. The summed E-state index contributed by atoms with van der Waals surface area (Å²) in [5, 5.41) is 30.1. The van der Waals surface area contributed by atoms with Gasteiger partial charge in [-0.2, -0.15) is 13.2 Å². The number of hydrogen-bond donors (Lipinski definition) is 4. The zero-order valence-corrected chi connectivity index (χ0v) is 13.8. The summed E-state index contributed by atoms with van der Waals surface area (Å²) in [6.07, 6.45) is -5.13. The summed E-state index contributed by atoms with van der Waals surface area (Å²) in [6, 6.07) is 0.212. The van der Waals surface area contributed by atoms with Crippen molar-refractivity contribution in [1.82, 2.24) is 5.32 Å². The molecular weight excluding hydrogens is 343 g/mol. The summed E-state index contributed by atoms with van der Waals surface area (Å²) in [5.41, 5.74) is -3.07. The highest BCUT2D eigenvalue weighted by Gasteiger charge is 2.39. The van der Waals surface area contributed by atoms with Gasteiger partial charge in [0.15, 0.2) is 11.5 Å². The van der Waals surface area contributed by atoms with Gasteiger partial charge in [-0.15, -0.1) is 0 Å². The van der Waals surface area contributed by atoms with Gasteiger partial charge >= 0.3 is 6.18 Å². The van der Waals surface area contributed by atoms with E-state index in [-0.39, 0.29) is 18.4 Å². The minimum Gasteiger partial charge on any atom is -0.504 e. The van der Waals surface area contributed by atoms with Gasteiger partial charge in [0.25, 0.3) is 5.91 Å². The van der Waals surface area contributed by atoms with Crippen molar-refractivity contribution in [3.63, 3.8) is 0 Å². The second-order valence-electron chi connectivity index (χ2n) is 5.93. The fourth-order valence-electron chi connectivity index (χ4n) is 2.22. The maximum atomic E-state index is 13.2. The van der Waals surface area contributed by atoms with Crippen molar-refractivity contribution in [2.75, 3.05) is 6.61 Å². The van der Waals surface area contributed by atoms with Crippen LogP contribution in [0.1, 0.15) is 48.2 Å². The van der Waals surface area contributed by atoms with Crippen LogP contribution in [0.15, 0.2) is 6.07 Å². The van der Waals surface area contributed by atoms with Crippen molar-refractivity contribution >= 4 is 11.8 Å². The standard InChI is InChI=1S/C16H20F3NO5/c1-8(2)3-4-12(23)20-15(25)13-9(5-6-21)14(24)11(22)7-10(13)16(17,18)19/h7-8,21-22,24H,3-6H2,1-2H3,(H,20,23,25). The normalized spacial score (nSPS) is 11.6. The average Bonchev–Trinajstić information content (AvgIpc) is 2.48. The summed E-state index contributed by atoms with van der Waals surface area (Å²) < 4.78 is 39.6. The van der Waals surface area contributed by atoms with E-state index in [1.54, 1.807) is 0 Å². The van der Waals surface area contributed by atoms with Crippen molar-refractivity contribution in [1.29, 1.82) is 0 Å². The molecule has 0 saturated carbocycles. The number of aliphatic hydroxyl groups excluding tert-OH is 1. The van der Waals surface area contributed by atoms with E-state index < -0.39 is 59.2 Å². The molecule has 25 heavy (non-hydrogen) atoms. The van der Waals surface area contributed by atoms with Gasteiger partial charge in [0, 0.05) is 25.0 Å². The van der Waals surface area contributed by atoms with Gasteiger partial charge in [0.1, 0.15) is 0 Å². The Bertz CT molecular complexity index is 656. The van der Waals surface area contributed by atoms with Crippen LogP contribution in [-0.4, -0.2) is 33.7 Å². The quantitative estimate of drug-likeness (QED) is 0.581. The predicted octanol–water partition coefficient (Wildman–Crippen LogP) is 2.34. The maximum Gasteiger partial charge on any atom is 0.417 e. The molecule has 9 heteroatoms. The Hall–Kier alpha value is -2.29. The van der Waals surface area contributed by atoms with Gasteiger partial charge < -0.3 is 15.3 Å². The lowest BCUT2D eigenvalue weighted by molar-refractivity contribution is -0.138. The van der Waals surface area contributed by atoms with E-state index in [4.69, 9.17) is 5.11 Å². The van der Waals surface area contributed by atoms with E-state index in [9.17, 15) is 33.0 Å². The Morgan fingerprint density at radius 1 is 1.24 bits per heavy atom. The number of benzene rings is 1. The maximum absolute atomic E-state index is 13.2. The number of nitrogens with one attached hydrogen (secondary N) is 1. The van der Waals surface area contributed by atoms with Crippen LogP contribution in [0.2, 0.25) is 0 Å². The first-order valence-electron chi connectivity index (χ1n) is 7.59. The van der Waals surface area contributed by atoms with E-state index in [2.05, 4.69) is 0 Å². The molecule has 0 atom stereocenters. The van der Waals surface area contributed by atoms with Gasteiger partial charge in [-0.1, -0.05) is 13.8 Å². The first-order valence-corrected chi connectivity index (χ1v) is 7.59. The predicted molar refractivity (Wildman–Crippen MR) is 82.1 cm³/mol. The molecule has 0 spiro atoms. The summed E-state index contributed by atoms with van der Waals surface area (Å²) in [5.74, 6) is -3.95. The summed E-state index contributed by atoms with van der Waals surface area (Å²) >= 11 is 0. The molecule has 1 aromatic carbocycles. The molecule has 0 aliphatic heterocycles. The minimum atomic E-state index is -5.01. The Morgan fingerprint density at radius 2 is 1.84 bits per heavy atom. The molecule has 0 saturated heterocycles. The Labute approximate surface area is 142 Å². The average molecular weight is 363 g/mol. The molecule has 140 valence electrons. The molecule has 0 bridgehead atoms. The molecule has 0 aliphatic rings.